The molecule has 1 unspecified atom stereocenters. The van der Waals surface area contributed by atoms with E-state index < -0.39 is 17.0 Å². The zero-order valence-electron chi connectivity index (χ0n) is 13.2. The van der Waals surface area contributed by atoms with Crippen molar-refractivity contribution in [3.05, 3.63) is 52.6 Å². The number of rotatable bonds is 7. The van der Waals surface area contributed by atoms with Gasteiger partial charge in [-0.05, 0) is 49.1 Å². The average molecular weight is 332 g/mol. The van der Waals surface area contributed by atoms with Crippen LogP contribution in [0.4, 0.5) is 5.82 Å². The fraction of sp³-hybridized carbons (Fsp3) is 0.250. The fourth-order valence-electron chi connectivity index (χ4n) is 1.78. The summed E-state index contributed by atoms with van der Waals surface area (Å²) in [7, 11) is 0. The van der Waals surface area contributed by atoms with Crippen molar-refractivity contribution < 1.29 is 23.9 Å². The summed E-state index contributed by atoms with van der Waals surface area (Å²) < 4.78 is 15.8. The van der Waals surface area contributed by atoms with Crippen LogP contribution < -0.4 is 9.47 Å². The van der Waals surface area contributed by atoms with Crippen LogP contribution in [0.2, 0.25) is 0 Å². The molecule has 1 aromatic heterocycles. The highest BCUT2D eigenvalue weighted by atomic mass is 16.6. The molecule has 0 amide bonds. The van der Waals surface area contributed by atoms with Crippen LogP contribution in [0.5, 0.6) is 17.4 Å². The predicted octanol–water partition coefficient (Wildman–Crippen LogP) is 3.11. The Morgan fingerprint density at radius 3 is 2.50 bits per heavy atom. The summed E-state index contributed by atoms with van der Waals surface area (Å²) in [6.07, 6.45) is -0.727. The molecular formula is C16H16N2O6. The zero-order chi connectivity index (χ0) is 17.5. The molecule has 0 N–H and O–H groups in total. The van der Waals surface area contributed by atoms with Crippen molar-refractivity contribution in [1.29, 1.82) is 0 Å². The Bertz CT molecular complexity index is 717. The second-order valence-electron chi connectivity index (χ2n) is 4.68. The number of carbonyl (C=O) groups is 1. The summed E-state index contributed by atoms with van der Waals surface area (Å²) in [5.41, 5.74) is 0. The first-order valence-electron chi connectivity index (χ1n) is 7.22. The molecule has 0 aliphatic rings. The highest BCUT2D eigenvalue weighted by molar-refractivity contribution is 5.74. The van der Waals surface area contributed by atoms with E-state index in [1.807, 2.05) is 0 Å². The lowest BCUT2D eigenvalue weighted by Gasteiger charge is -2.13. The SMILES string of the molecule is CCOC(=O)C(C)Oc1ccc(Oc2cccc([N+](=O)[O-])n2)cc1. The van der Waals surface area contributed by atoms with Crippen LogP contribution in [0, 0.1) is 10.1 Å². The van der Waals surface area contributed by atoms with Crippen LogP contribution in [0.1, 0.15) is 13.8 Å². The van der Waals surface area contributed by atoms with Gasteiger partial charge < -0.3 is 24.3 Å². The molecule has 1 atom stereocenters. The van der Waals surface area contributed by atoms with Gasteiger partial charge in [-0.25, -0.2) is 4.79 Å². The number of nitrogens with zero attached hydrogens (tertiary/aromatic N) is 2. The van der Waals surface area contributed by atoms with Crippen molar-refractivity contribution in [2.24, 2.45) is 0 Å². The number of pyridine rings is 1. The molecule has 0 spiro atoms. The van der Waals surface area contributed by atoms with Gasteiger partial charge in [0, 0.05) is 17.1 Å². The quantitative estimate of drug-likeness (QED) is 0.436. The maximum absolute atomic E-state index is 11.5. The maximum Gasteiger partial charge on any atom is 0.367 e. The molecule has 2 aromatic rings. The molecule has 126 valence electrons. The van der Waals surface area contributed by atoms with E-state index in [0.29, 0.717) is 11.5 Å². The molecule has 2 rings (SSSR count). The Morgan fingerprint density at radius 2 is 1.88 bits per heavy atom. The number of carbonyl (C=O) groups excluding carboxylic acids is 1. The molecule has 24 heavy (non-hydrogen) atoms. The van der Waals surface area contributed by atoms with Gasteiger partial charge in [0.15, 0.2) is 6.10 Å². The molecule has 0 saturated carbocycles. The lowest BCUT2D eigenvalue weighted by Crippen LogP contribution is -2.25. The fourth-order valence-corrected chi connectivity index (χ4v) is 1.78. The monoisotopic (exact) mass is 332 g/mol. The van der Waals surface area contributed by atoms with E-state index in [1.54, 1.807) is 38.1 Å². The highest BCUT2D eigenvalue weighted by Crippen LogP contribution is 2.24. The first-order chi connectivity index (χ1) is 11.5. The number of hydrogen-bond donors (Lipinski definition) is 0. The lowest BCUT2D eigenvalue weighted by atomic mass is 10.3. The van der Waals surface area contributed by atoms with Gasteiger partial charge in [-0.2, -0.15) is 0 Å². The number of ether oxygens (including phenoxy) is 3. The van der Waals surface area contributed by atoms with Crippen molar-refractivity contribution in [2.75, 3.05) is 6.61 Å². The first kappa shape index (κ1) is 17.2. The Hall–Kier alpha value is -3.16. The van der Waals surface area contributed by atoms with Crippen LogP contribution in [-0.4, -0.2) is 28.6 Å². The van der Waals surface area contributed by atoms with E-state index in [1.165, 1.54) is 18.2 Å². The number of hydrogen-bond acceptors (Lipinski definition) is 7. The van der Waals surface area contributed by atoms with Gasteiger partial charge in [0.2, 0.25) is 0 Å². The molecule has 0 radical (unpaired) electrons. The molecule has 1 aromatic carbocycles. The Balaban J connectivity index is 2.00. The minimum Gasteiger partial charge on any atom is -0.479 e. The minimum atomic E-state index is -0.727. The van der Waals surface area contributed by atoms with Crippen molar-refractivity contribution in [1.82, 2.24) is 4.98 Å². The third kappa shape index (κ3) is 4.67. The van der Waals surface area contributed by atoms with E-state index in [2.05, 4.69) is 4.98 Å². The van der Waals surface area contributed by atoms with E-state index in [4.69, 9.17) is 14.2 Å². The second kappa shape index (κ2) is 7.91. The standard InChI is InChI=1S/C16H16N2O6/c1-3-22-16(19)11(2)23-12-7-9-13(10-8-12)24-15-6-4-5-14(17-15)18(20)21/h4-11H,3H2,1-2H3. The van der Waals surface area contributed by atoms with Gasteiger partial charge in [-0.15, -0.1) is 0 Å². The summed E-state index contributed by atoms with van der Waals surface area (Å²) in [5.74, 6) is 0.265. The number of nitro groups is 1. The normalized spacial score (nSPS) is 11.4. The zero-order valence-corrected chi connectivity index (χ0v) is 13.2. The predicted molar refractivity (Wildman–Crippen MR) is 84.1 cm³/mol. The molecule has 1 heterocycles. The summed E-state index contributed by atoms with van der Waals surface area (Å²) in [4.78, 5) is 25.4. The van der Waals surface area contributed by atoms with E-state index in [0.717, 1.165) is 0 Å². The number of esters is 1. The molecule has 0 bridgehead atoms. The van der Waals surface area contributed by atoms with Crippen LogP contribution in [0.15, 0.2) is 42.5 Å². The van der Waals surface area contributed by atoms with Gasteiger partial charge in [0.1, 0.15) is 11.5 Å². The van der Waals surface area contributed by atoms with Crippen LogP contribution >= 0.6 is 0 Å². The van der Waals surface area contributed by atoms with Crippen LogP contribution in [0.3, 0.4) is 0 Å². The van der Waals surface area contributed by atoms with Gasteiger partial charge >= 0.3 is 17.7 Å². The second-order valence-corrected chi connectivity index (χ2v) is 4.68. The number of aromatic nitrogens is 1. The maximum atomic E-state index is 11.5. The number of benzene rings is 1. The topological polar surface area (TPSA) is 101 Å². The summed E-state index contributed by atoms with van der Waals surface area (Å²) in [6.45, 7) is 3.60. The van der Waals surface area contributed by atoms with Crippen molar-refractivity contribution in [3.63, 3.8) is 0 Å². The smallest absolute Gasteiger partial charge is 0.367 e. The van der Waals surface area contributed by atoms with E-state index in [9.17, 15) is 14.9 Å². The molecule has 0 aliphatic carbocycles. The minimum absolute atomic E-state index is 0.109. The highest BCUT2D eigenvalue weighted by Gasteiger charge is 2.16. The van der Waals surface area contributed by atoms with Crippen molar-refractivity contribution >= 4 is 11.8 Å². The van der Waals surface area contributed by atoms with Gasteiger partial charge in [-0.3, -0.25) is 0 Å². The van der Waals surface area contributed by atoms with Crippen LogP contribution in [0.25, 0.3) is 0 Å². The Morgan fingerprint density at radius 1 is 1.21 bits per heavy atom. The third-order valence-electron chi connectivity index (χ3n) is 2.87. The van der Waals surface area contributed by atoms with Gasteiger partial charge in [0.05, 0.1) is 6.61 Å². The van der Waals surface area contributed by atoms with Gasteiger partial charge in [-0.1, -0.05) is 0 Å². The average Bonchev–Trinajstić information content (AvgIpc) is 2.57. The Labute approximate surface area is 138 Å². The molecule has 8 nitrogen and oxygen atoms in total. The molecule has 0 fully saturated rings. The van der Waals surface area contributed by atoms with Crippen molar-refractivity contribution in [3.8, 4) is 17.4 Å². The summed E-state index contributed by atoms with van der Waals surface area (Å²) >= 11 is 0. The Kier molecular flexibility index (Phi) is 5.67. The van der Waals surface area contributed by atoms with Crippen molar-refractivity contribution in [2.45, 2.75) is 20.0 Å². The summed E-state index contributed by atoms with van der Waals surface area (Å²) in [5, 5.41) is 10.7. The third-order valence-corrected chi connectivity index (χ3v) is 2.87. The molecule has 8 heteroatoms. The molecule has 0 saturated heterocycles. The molecule has 0 aliphatic heterocycles. The van der Waals surface area contributed by atoms with E-state index in [-0.39, 0.29) is 18.3 Å². The van der Waals surface area contributed by atoms with E-state index >= 15 is 0 Å². The van der Waals surface area contributed by atoms with Crippen LogP contribution in [-0.2, 0) is 9.53 Å². The lowest BCUT2D eigenvalue weighted by molar-refractivity contribution is -0.389. The molecular weight excluding hydrogens is 316 g/mol. The van der Waals surface area contributed by atoms with Gasteiger partial charge in [0.25, 0.3) is 0 Å². The largest absolute Gasteiger partial charge is 0.479 e. The summed E-state index contributed by atoms with van der Waals surface area (Å²) in [6, 6.07) is 10.7. The first-order valence-corrected chi connectivity index (χ1v) is 7.22.